The van der Waals surface area contributed by atoms with Crippen LogP contribution in [0.3, 0.4) is 0 Å². The summed E-state index contributed by atoms with van der Waals surface area (Å²) >= 11 is 0. The molecule has 22 heavy (non-hydrogen) atoms. The molecule has 0 fully saturated rings. The zero-order chi connectivity index (χ0) is 15.5. The number of hydrogen-bond donors (Lipinski definition) is 1. The molecular weight excluding hydrogens is 282 g/mol. The second kappa shape index (κ2) is 5.69. The molecule has 0 aliphatic heterocycles. The van der Waals surface area contributed by atoms with E-state index in [-0.39, 0.29) is 12.3 Å². The fourth-order valence-electron chi connectivity index (χ4n) is 2.27. The Balaban J connectivity index is 1.97. The van der Waals surface area contributed by atoms with Crippen LogP contribution in [0.15, 0.2) is 54.7 Å². The van der Waals surface area contributed by atoms with Crippen LogP contribution in [0.1, 0.15) is 5.56 Å². The van der Waals surface area contributed by atoms with Crippen LogP contribution in [-0.4, -0.2) is 9.91 Å². The fraction of sp³-hybridized carbons (Fsp3) is 0.0625. The fourth-order valence-corrected chi connectivity index (χ4v) is 2.27. The van der Waals surface area contributed by atoms with E-state index in [2.05, 4.69) is 4.98 Å². The van der Waals surface area contributed by atoms with Gasteiger partial charge in [0, 0.05) is 23.2 Å². The highest BCUT2D eigenvalue weighted by molar-refractivity contribution is 5.95. The van der Waals surface area contributed by atoms with Crippen LogP contribution in [0.25, 0.3) is 10.8 Å². The van der Waals surface area contributed by atoms with Crippen LogP contribution in [0.4, 0.5) is 11.5 Å². The first-order valence-electron chi connectivity index (χ1n) is 6.65. The van der Waals surface area contributed by atoms with Gasteiger partial charge in [-0.3, -0.25) is 10.1 Å². The van der Waals surface area contributed by atoms with Crippen molar-refractivity contribution in [1.82, 2.24) is 4.98 Å². The first kappa shape index (κ1) is 13.8. The third-order valence-corrected chi connectivity index (χ3v) is 3.37. The lowest BCUT2D eigenvalue weighted by Gasteiger charge is -2.10. The number of nitrogens with zero attached hydrogens (tertiary/aromatic N) is 2. The van der Waals surface area contributed by atoms with Crippen LogP contribution in [-0.2, 0) is 6.61 Å². The summed E-state index contributed by atoms with van der Waals surface area (Å²) in [6.07, 6.45) is 1.61. The van der Waals surface area contributed by atoms with Gasteiger partial charge in [0.1, 0.15) is 18.2 Å². The quantitative estimate of drug-likeness (QED) is 0.589. The summed E-state index contributed by atoms with van der Waals surface area (Å²) in [6.45, 7) is 0.251. The van der Waals surface area contributed by atoms with E-state index in [1.807, 2.05) is 12.1 Å². The first-order valence-corrected chi connectivity index (χ1v) is 6.65. The molecular formula is C16H13N3O3. The van der Waals surface area contributed by atoms with E-state index in [1.165, 1.54) is 6.07 Å². The van der Waals surface area contributed by atoms with Crippen LogP contribution in [0, 0.1) is 10.1 Å². The SMILES string of the molecule is Nc1ncccc1COc1ccc([N+](=O)[O-])c2ccccc12. The van der Waals surface area contributed by atoms with Gasteiger partial charge in [-0.1, -0.05) is 24.3 Å². The predicted molar refractivity (Wildman–Crippen MR) is 83.6 cm³/mol. The van der Waals surface area contributed by atoms with Gasteiger partial charge in [0.25, 0.3) is 5.69 Å². The van der Waals surface area contributed by atoms with E-state index in [9.17, 15) is 10.1 Å². The van der Waals surface area contributed by atoms with Crippen molar-refractivity contribution in [1.29, 1.82) is 0 Å². The Morgan fingerprint density at radius 2 is 1.86 bits per heavy atom. The number of nitro benzene ring substituents is 1. The normalized spacial score (nSPS) is 10.5. The van der Waals surface area contributed by atoms with Crippen LogP contribution >= 0.6 is 0 Å². The Hall–Kier alpha value is -3.15. The number of non-ortho nitro benzene ring substituents is 1. The van der Waals surface area contributed by atoms with Gasteiger partial charge in [0.05, 0.1) is 10.3 Å². The Bertz CT molecular complexity index is 849. The monoisotopic (exact) mass is 295 g/mol. The minimum absolute atomic E-state index is 0.0591. The van der Waals surface area contributed by atoms with Crippen LogP contribution in [0.2, 0.25) is 0 Å². The number of pyridine rings is 1. The molecule has 3 rings (SSSR count). The molecule has 2 aromatic carbocycles. The molecule has 0 spiro atoms. The van der Waals surface area contributed by atoms with E-state index < -0.39 is 4.92 Å². The number of benzene rings is 2. The molecule has 110 valence electrons. The average molecular weight is 295 g/mol. The summed E-state index contributed by atoms with van der Waals surface area (Å²) in [7, 11) is 0. The molecule has 0 saturated heterocycles. The standard InChI is InChI=1S/C16H13N3O3/c17-16-11(4-3-9-18-16)10-22-15-8-7-14(19(20)21)12-5-1-2-6-13(12)15/h1-9H,10H2,(H2,17,18). The second-order valence-corrected chi connectivity index (χ2v) is 4.72. The van der Waals surface area contributed by atoms with Gasteiger partial charge in [-0.25, -0.2) is 4.98 Å². The number of anilines is 1. The summed E-state index contributed by atoms with van der Waals surface area (Å²) in [6, 6.07) is 13.7. The lowest BCUT2D eigenvalue weighted by molar-refractivity contribution is -0.383. The number of aromatic nitrogens is 1. The van der Waals surface area contributed by atoms with Gasteiger partial charge in [-0.2, -0.15) is 0 Å². The zero-order valence-electron chi connectivity index (χ0n) is 11.6. The van der Waals surface area contributed by atoms with E-state index in [0.717, 1.165) is 5.56 Å². The predicted octanol–water partition coefficient (Wildman–Crippen LogP) is 3.30. The van der Waals surface area contributed by atoms with E-state index >= 15 is 0 Å². The van der Waals surface area contributed by atoms with Crippen molar-refractivity contribution in [3.05, 3.63) is 70.4 Å². The number of rotatable bonds is 4. The summed E-state index contributed by atoms with van der Waals surface area (Å²) in [5, 5.41) is 12.3. The molecule has 0 radical (unpaired) electrons. The van der Waals surface area contributed by atoms with Crippen molar-refractivity contribution >= 4 is 22.3 Å². The Labute approximate surface area is 126 Å². The molecule has 0 aliphatic rings. The second-order valence-electron chi connectivity index (χ2n) is 4.72. The maximum atomic E-state index is 11.1. The third-order valence-electron chi connectivity index (χ3n) is 3.37. The lowest BCUT2D eigenvalue weighted by Crippen LogP contribution is -2.02. The number of hydrogen-bond acceptors (Lipinski definition) is 5. The Morgan fingerprint density at radius 1 is 1.09 bits per heavy atom. The Morgan fingerprint density at radius 3 is 2.59 bits per heavy atom. The van der Waals surface area contributed by atoms with Gasteiger partial charge in [-0.05, 0) is 18.2 Å². The van der Waals surface area contributed by atoms with Gasteiger partial charge < -0.3 is 10.5 Å². The number of fused-ring (bicyclic) bond motifs is 1. The molecule has 6 nitrogen and oxygen atoms in total. The highest BCUT2D eigenvalue weighted by atomic mass is 16.6. The summed E-state index contributed by atoms with van der Waals surface area (Å²) in [4.78, 5) is 14.7. The summed E-state index contributed by atoms with van der Waals surface area (Å²) in [5.74, 6) is 0.984. The zero-order valence-corrected chi connectivity index (χ0v) is 11.6. The molecule has 1 heterocycles. The minimum atomic E-state index is -0.398. The Kier molecular flexibility index (Phi) is 3.57. The molecule has 3 aromatic rings. The maximum Gasteiger partial charge on any atom is 0.277 e. The van der Waals surface area contributed by atoms with Crippen molar-refractivity contribution in [3.8, 4) is 5.75 Å². The highest BCUT2D eigenvalue weighted by Gasteiger charge is 2.14. The number of nitro groups is 1. The molecule has 0 unspecified atom stereocenters. The molecule has 0 bridgehead atoms. The van der Waals surface area contributed by atoms with Gasteiger partial charge in [0.15, 0.2) is 0 Å². The molecule has 1 aromatic heterocycles. The first-order chi connectivity index (χ1) is 10.7. The van der Waals surface area contributed by atoms with Crippen LogP contribution < -0.4 is 10.5 Å². The number of ether oxygens (including phenoxy) is 1. The van der Waals surface area contributed by atoms with E-state index in [4.69, 9.17) is 10.5 Å². The van der Waals surface area contributed by atoms with Crippen molar-refractivity contribution in [3.63, 3.8) is 0 Å². The number of nitrogen functional groups attached to an aromatic ring is 1. The van der Waals surface area contributed by atoms with E-state index in [1.54, 1.807) is 36.5 Å². The van der Waals surface area contributed by atoms with Crippen molar-refractivity contribution in [2.45, 2.75) is 6.61 Å². The molecule has 0 amide bonds. The maximum absolute atomic E-state index is 11.1. The number of nitrogens with two attached hydrogens (primary N) is 1. The van der Waals surface area contributed by atoms with Gasteiger partial charge in [0.2, 0.25) is 0 Å². The van der Waals surface area contributed by atoms with Crippen molar-refractivity contribution in [2.75, 3.05) is 5.73 Å². The molecule has 2 N–H and O–H groups in total. The highest BCUT2D eigenvalue weighted by Crippen LogP contribution is 2.33. The summed E-state index contributed by atoms with van der Waals surface area (Å²) in [5.41, 5.74) is 6.61. The molecule has 0 aliphatic carbocycles. The largest absolute Gasteiger partial charge is 0.488 e. The smallest absolute Gasteiger partial charge is 0.277 e. The minimum Gasteiger partial charge on any atom is -0.488 e. The molecule has 0 saturated carbocycles. The molecule has 6 heteroatoms. The van der Waals surface area contributed by atoms with E-state index in [0.29, 0.717) is 22.3 Å². The third kappa shape index (κ3) is 2.54. The van der Waals surface area contributed by atoms with Crippen molar-refractivity contribution in [2.24, 2.45) is 0 Å². The van der Waals surface area contributed by atoms with Gasteiger partial charge in [-0.15, -0.1) is 0 Å². The van der Waals surface area contributed by atoms with Gasteiger partial charge >= 0.3 is 0 Å². The average Bonchev–Trinajstić information content (AvgIpc) is 2.53. The summed E-state index contributed by atoms with van der Waals surface area (Å²) < 4.78 is 5.78. The molecule has 0 atom stereocenters. The topological polar surface area (TPSA) is 91.3 Å². The van der Waals surface area contributed by atoms with Crippen LogP contribution in [0.5, 0.6) is 5.75 Å². The van der Waals surface area contributed by atoms with Crippen molar-refractivity contribution < 1.29 is 9.66 Å². The lowest BCUT2D eigenvalue weighted by atomic mass is 10.1.